The molecule has 0 unspecified atom stereocenters. The van der Waals surface area contributed by atoms with Gasteiger partial charge in [0.25, 0.3) is 5.91 Å². The zero-order chi connectivity index (χ0) is 37.5. The fraction of sp³-hybridized carbons (Fsp3) is 0.242. The van der Waals surface area contributed by atoms with E-state index in [0.717, 1.165) is 36.0 Å². The van der Waals surface area contributed by atoms with Crippen LogP contribution in [0.4, 0.5) is 38.0 Å². The van der Waals surface area contributed by atoms with E-state index in [1.54, 1.807) is 32.0 Å². The fourth-order valence-electron chi connectivity index (χ4n) is 3.46. The Morgan fingerprint density at radius 1 is 0.800 bits per heavy atom. The van der Waals surface area contributed by atoms with Gasteiger partial charge < -0.3 is 20.9 Å². The minimum Gasteiger partial charge on any atom is -0.478 e. The van der Waals surface area contributed by atoms with Crippen LogP contribution in [0.25, 0.3) is 0 Å². The molecule has 0 spiro atoms. The van der Waals surface area contributed by atoms with Crippen LogP contribution >= 0.6 is 31.9 Å². The number of carboxylic acids is 1. The molecule has 9 nitrogen and oxygen atoms in total. The van der Waals surface area contributed by atoms with Gasteiger partial charge in [0.05, 0.1) is 28.9 Å². The molecule has 2 heterocycles. The number of ether oxygens (including phenoxy) is 1. The van der Waals surface area contributed by atoms with Crippen molar-refractivity contribution < 1.29 is 50.6 Å². The number of rotatable bonds is 4. The lowest BCUT2D eigenvalue weighted by Crippen LogP contribution is -2.19. The summed E-state index contributed by atoms with van der Waals surface area (Å²) in [5, 5.41) is 10.9. The van der Waals surface area contributed by atoms with Gasteiger partial charge in [-0.15, -0.1) is 0 Å². The molecule has 4 aromatic rings. The summed E-state index contributed by atoms with van der Waals surface area (Å²) in [6, 6.07) is 16.5. The first-order valence-corrected chi connectivity index (χ1v) is 15.3. The number of aryl methyl sites for hydroxylation is 2. The highest BCUT2D eigenvalue weighted by Crippen LogP contribution is 2.34. The lowest BCUT2D eigenvalue weighted by atomic mass is 10.1. The number of anilines is 2. The van der Waals surface area contributed by atoms with Crippen LogP contribution in [0.5, 0.6) is 0 Å². The maximum absolute atomic E-state index is 12.9. The van der Waals surface area contributed by atoms with Gasteiger partial charge in [0, 0.05) is 27.3 Å². The summed E-state index contributed by atoms with van der Waals surface area (Å²) in [6.07, 6.45) is -9.25. The van der Waals surface area contributed by atoms with Crippen molar-refractivity contribution in [3.63, 3.8) is 0 Å². The molecule has 4 N–H and O–H groups in total. The van der Waals surface area contributed by atoms with E-state index in [-0.39, 0.29) is 19.2 Å². The van der Waals surface area contributed by atoms with Crippen molar-refractivity contribution in [3.05, 3.63) is 115 Å². The van der Waals surface area contributed by atoms with Gasteiger partial charge in [-0.3, -0.25) is 9.59 Å². The molecule has 2 aromatic carbocycles. The lowest BCUT2D eigenvalue weighted by molar-refractivity contribution is -0.140. The zero-order valence-corrected chi connectivity index (χ0v) is 29.4. The standard InChI is InChI=1S/C14H10BrF3N2O.C8H4BrF3O2.C6H8N2.C4H8O2.CH4/c1-8-3-2-4-12(19-8)20-13(21)10-7-9(15)5-6-11(10)14(16,17)18;9-4-1-2-6(8(10,11)12)5(3-4)7(13)14;1-5-3-2-4-6(7)8-5;1-3-6-4(2)5;/h2-7H,1H3,(H,19,20,21);1-3H,(H,13,14);2-4H,1H3,(H2,7,8);3H2,1-2H3;1H4. The van der Waals surface area contributed by atoms with E-state index < -0.39 is 46.5 Å². The quantitative estimate of drug-likeness (QED) is 0.136. The fourth-order valence-corrected chi connectivity index (χ4v) is 4.18. The number of nitrogens with two attached hydrogens (primary N) is 1. The number of esters is 1. The topological polar surface area (TPSA) is 144 Å². The molecule has 0 bridgehead atoms. The highest BCUT2D eigenvalue weighted by molar-refractivity contribution is 9.10. The first-order valence-electron chi connectivity index (χ1n) is 13.7. The summed E-state index contributed by atoms with van der Waals surface area (Å²) in [5.74, 6) is -1.88. The lowest BCUT2D eigenvalue weighted by Gasteiger charge is -2.13. The number of carbonyl (C=O) groups excluding carboxylic acids is 2. The van der Waals surface area contributed by atoms with E-state index in [1.165, 1.54) is 19.1 Å². The number of aromatic nitrogens is 2. The predicted octanol–water partition coefficient (Wildman–Crippen LogP) is 9.77. The molecule has 0 atom stereocenters. The third kappa shape index (κ3) is 16.7. The molecule has 50 heavy (non-hydrogen) atoms. The summed E-state index contributed by atoms with van der Waals surface area (Å²) >= 11 is 5.97. The summed E-state index contributed by atoms with van der Waals surface area (Å²) in [5.41, 5.74) is 3.61. The van der Waals surface area contributed by atoms with Crippen LogP contribution in [-0.2, 0) is 21.9 Å². The molecule has 272 valence electrons. The SMILES string of the molecule is C.CCOC(C)=O.Cc1cccc(N)n1.Cc1cccc(NC(=O)c2cc(Br)ccc2C(F)(F)F)n1.O=C(O)c1cc(Br)ccc1C(F)(F)F. The zero-order valence-electron chi connectivity index (χ0n) is 26.2. The number of amides is 1. The number of nitrogens with one attached hydrogen (secondary N) is 1. The number of nitrogens with zero attached hydrogens (tertiary/aromatic N) is 2. The number of carbonyl (C=O) groups is 3. The first-order chi connectivity index (χ1) is 22.6. The third-order valence-corrected chi connectivity index (χ3v) is 6.42. The van der Waals surface area contributed by atoms with E-state index in [2.05, 4.69) is 51.9 Å². The van der Waals surface area contributed by atoms with Crippen molar-refractivity contribution in [3.8, 4) is 0 Å². The minimum absolute atomic E-state index is 0. The van der Waals surface area contributed by atoms with Crippen LogP contribution in [-0.4, -0.2) is 39.5 Å². The number of carboxylic acid groups (broad SMARTS) is 1. The van der Waals surface area contributed by atoms with E-state index in [1.807, 2.05) is 19.1 Å². The number of hydrogen-bond donors (Lipinski definition) is 3. The Bertz CT molecular complexity index is 1720. The molecular weight excluding hydrogens is 806 g/mol. The molecule has 4 rings (SSSR count). The summed E-state index contributed by atoms with van der Waals surface area (Å²) in [6.45, 7) is 7.28. The van der Waals surface area contributed by atoms with E-state index >= 15 is 0 Å². The molecule has 1 amide bonds. The van der Waals surface area contributed by atoms with Crippen molar-refractivity contribution in [2.75, 3.05) is 17.7 Å². The largest absolute Gasteiger partial charge is 0.478 e. The highest BCUT2D eigenvalue weighted by Gasteiger charge is 2.36. The average molecular weight is 840 g/mol. The second-order valence-electron chi connectivity index (χ2n) is 9.43. The minimum atomic E-state index is -4.64. The van der Waals surface area contributed by atoms with Gasteiger partial charge in [-0.1, -0.05) is 51.4 Å². The molecule has 0 aliphatic rings. The molecule has 0 radical (unpaired) electrons. The molecule has 2 aromatic heterocycles. The monoisotopic (exact) mass is 838 g/mol. The number of benzene rings is 2. The van der Waals surface area contributed by atoms with E-state index in [9.17, 15) is 40.7 Å². The average Bonchev–Trinajstić information content (AvgIpc) is 2.96. The Hall–Kier alpha value is -4.51. The van der Waals surface area contributed by atoms with Gasteiger partial charge >= 0.3 is 24.3 Å². The molecule has 0 fully saturated rings. The van der Waals surface area contributed by atoms with Crippen molar-refractivity contribution in [2.24, 2.45) is 0 Å². The Morgan fingerprint density at radius 2 is 1.26 bits per heavy atom. The Labute approximate surface area is 301 Å². The first kappa shape index (κ1) is 45.5. The number of halogens is 8. The maximum Gasteiger partial charge on any atom is 0.417 e. The summed E-state index contributed by atoms with van der Waals surface area (Å²) in [4.78, 5) is 40.4. The second-order valence-corrected chi connectivity index (χ2v) is 11.3. The number of nitrogen functional groups attached to an aromatic ring is 1. The van der Waals surface area contributed by atoms with Crippen molar-refractivity contribution >= 4 is 61.3 Å². The van der Waals surface area contributed by atoms with Crippen molar-refractivity contribution in [1.82, 2.24) is 9.97 Å². The molecule has 0 saturated carbocycles. The van der Waals surface area contributed by atoms with Gasteiger partial charge in [0.15, 0.2) is 0 Å². The van der Waals surface area contributed by atoms with E-state index in [0.29, 0.717) is 27.1 Å². The van der Waals surface area contributed by atoms with Crippen molar-refractivity contribution in [1.29, 1.82) is 0 Å². The van der Waals surface area contributed by atoms with Gasteiger partial charge in [-0.25, -0.2) is 14.8 Å². The Kier molecular flexibility index (Phi) is 19.0. The van der Waals surface area contributed by atoms with Crippen LogP contribution in [0.15, 0.2) is 81.7 Å². The molecule has 0 saturated heterocycles. The van der Waals surface area contributed by atoms with Crippen LogP contribution in [0.1, 0.15) is 64.5 Å². The van der Waals surface area contributed by atoms with Gasteiger partial charge in [0.1, 0.15) is 11.6 Å². The van der Waals surface area contributed by atoms with E-state index in [4.69, 9.17) is 10.8 Å². The predicted molar refractivity (Wildman–Crippen MR) is 185 cm³/mol. The number of hydrogen-bond acceptors (Lipinski definition) is 7. The summed E-state index contributed by atoms with van der Waals surface area (Å²) < 4.78 is 80.7. The Balaban J connectivity index is 0.000000711. The van der Waals surface area contributed by atoms with Gasteiger partial charge in [-0.2, -0.15) is 26.3 Å². The highest BCUT2D eigenvalue weighted by atomic mass is 79.9. The number of aromatic carboxylic acids is 1. The van der Waals surface area contributed by atoms with Crippen LogP contribution in [0.3, 0.4) is 0 Å². The number of pyridine rings is 2. The summed E-state index contributed by atoms with van der Waals surface area (Å²) in [7, 11) is 0. The molecule has 0 aliphatic heterocycles. The molecular formula is C33H34Br2F6N4O5. The third-order valence-electron chi connectivity index (χ3n) is 5.44. The van der Waals surface area contributed by atoms with Crippen molar-refractivity contribution in [2.45, 2.75) is 47.5 Å². The van der Waals surface area contributed by atoms with Gasteiger partial charge in [0.2, 0.25) is 0 Å². The molecule has 17 heteroatoms. The smallest absolute Gasteiger partial charge is 0.417 e. The maximum atomic E-state index is 12.9. The second kappa shape index (κ2) is 20.9. The Morgan fingerprint density at radius 3 is 1.62 bits per heavy atom. The van der Waals surface area contributed by atoms with Crippen LogP contribution in [0, 0.1) is 13.8 Å². The van der Waals surface area contributed by atoms with Gasteiger partial charge in [-0.05, 0) is 81.4 Å². The molecule has 0 aliphatic carbocycles. The normalized spacial score (nSPS) is 10.3. The number of alkyl halides is 6. The van der Waals surface area contributed by atoms with Crippen LogP contribution < -0.4 is 11.1 Å². The van der Waals surface area contributed by atoms with Crippen LogP contribution in [0.2, 0.25) is 0 Å².